The lowest BCUT2D eigenvalue weighted by molar-refractivity contribution is 0.158. The van der Waals surface area contributed by atoms with E-state index in [-0.39, 0.29) is 0 Å². The van der Waals surface area contributed by atoms with Crippen molar-refractivity contribution in [2.24, 2.45) is 11.8 Å². The third kappa shape index (κ3) is 18.3. The van der Waals surface area contributed by atoms with Crippen molar-refractivity contribution in [3.8, 4) is 0 Å². The SMILES string of the molecule is C(CSCC(CSCCOCC1CS1)C(CSCCOCC1CS1)CSCCOCC1CS1)OCC1CS1. The van der Waals surface area contributed by atoms with Gasteiger partial charge >= 0.3 is 0 Å². The molecular formula is C26H46O4S8. The van der Waals surface area contributed by atoms with Crippen LogP contribution < -0.4 is 0 Å². The third-order valence-electron chi connectivity index (χ3n) is 6.31. The molecule has 0 N–H and O–H groups in total. The second kappa shape index (κ2) is 21.4. The van der Waals surface area contributed by atoms with Crippen molar-refractivity contribution < 1.29 is 18.9 Å². The van der Waals surface area contributed by atoms with Crippen LogP contribution in [0.5, 0.6) is 0 Å². The molecule has 4 saturated heterocycles. The van der Waals surface area contributed by atoms with Gasteiger partial charge in [-0.1, -0.05) is 0 Å². The van der Waals surface area contributed by atoms with Gasteiger partial charge in [0, 0.05) is 67.0 Å². The third-order valence-corrected chi connectivity index (χ3v) is 14.5. The number of rotatable bonds is 29. The van der Waals surface area contributed by atoms with Crippen LogP contribution in [0.25, 0.3) is 0 Å². The molecule has 0 aliphatic carbocycles. The second-order valence-electron chi connectivity index (χ2n) is 9.94. The van der Waals surface area contributed by atoms with E-state index < -0.39 is 0 Å². The molecule has 0 radical (unpaired) electrons. The van der Waals surface area contributed by atoms with Crippen LogP contribution in [-0.4, -0.2) is 143 Å². The van der Waals surface area contributed by atoms with Crippen molar-refractivity contribution in [2.45, 2.75) is 21.0 Å². The van der Waals surface area contributed by atoms with Crippen LogP contribution in [0.4, 0.5) is 0 Å². The van der Waals surface area contributed by atoms with Gasteiger partial charge in [0.1, 0.15) is 0 Å². The van der Waals surface area contributed by atoms with Gasteiger partial charge in [-0.2, -0.15) is 94.1 Å². The Kier molecular flexibility index (Phi) is 18.8. The van der Waals surface area contributed by atoms with Gasteiger partial charge in [0.2, 0.25) is 0 Å². The summed E-state index contributed by atoms with van der Waals surface area (Å²) in [4.78, 5) is 0. The van der Waals surface area contributed by atoms with Crippen molar-refractivity contribution >= 4 is 94.1 Å². The molecular weight excluding hydrogens is 633 g/mol. The lowest BCUT2D eigenvalue weighted by atomic mass is 10.00. The van der Waals surface area contributed by atoms with Crippen LogP contribution in [0.2, 0.25) is 0 Å². The normalized spacial score (nSPS) is 26.8. The molecule has 4 aliphatic rings. The van der Waals surface area contributed by atoms with Crippen LogP contribution in [-0.2, 0) is 18.9 Å². The van der Waals surface area contributed by atoms with E-state index in [1.807, 2.05) is 47.0 Å². The molecule has 4 heterocycles. The van der Waals surface area contributed by atoms with Crippen molar-refractivity contribution in [3.05, 3.63) is 0 Å². The largest absolute Gasteiger partial charge is 0.379 e. The number of thioether (sulfide) groups is 8. The minimum Gasteiger partial charge on any atom is -0.379 e. The number of hydrogen-bond acceptors (Lipinski definition) is 12. The summed E-state index contributed by atoms with van der Waals surface area (Å²) in [7, 11) is 0. The summed E-state index contributed by atoms with van der Waals surface area (Å²) in [5.41, 5.74) is 0. The van der Waals surface area contributed by atoms with E-state index in [9.17, 15) is 0 Å². The Morgan fingerprint density at radius 3 is 0.895 bits per heavy atom. The zero-order chi connectivity index (χ0) is 26.1. The average Bonchev–Trinajstić information content (AvgIpc) is 3.76. The molecule has 4 atom stereocenters. The molecule has 4 nitrogen and oxygen atoms in total. The lowest BCUT2D eigenvalue weighted by Gasteiger charge is -2.27. The molecule has 0 spiro atoms. The maximum absolute atomic E-state index is 5.89. The predicted octanol–water partition coefficient (Wildman–Crippen LogP) is 5.68. The van der Waals surface area contributed by atoms with Crippen molar-refractivity contribution in [1.82, 2.24) is 0 Å². The second-order valence-corrected chi connectivity index (χ2v) is 19.9. The molecule has 0 aromatic carbocycles. The molecule has 0 bridgehead atoms. The van der Waals surface area contributed by atoms with E-state index in [1.54, 1.807) is 0 Å². The molecule has 4 rings (SSSR count). The number of hydrogen-bond donors (Lipinski definition) is 0. The summed E-state index contributed by atoms with van der Waals surface area (Å²) in [6.45, 7) is 7.38. The van der Waals surface area contributed by atoms with Crippen LogP contribution in [0.1, 0.15) is 0 Å². The molecule has 4 aliphatic heterocycles. The van der Waals surface area contributed by atoms with Crippen molar-refractivity contribution in [3.63, 3.8) is 0 Å². The summed E-state index contributed by atoms with van der Waals surface area (Å²) >= 11 is 16.5. The van der Waals surface area contributed by atoms with E-state index in [0.29, 0.717) is 0 Å². The highest BCUT2D eigenvalue weighted by Crippen LogP contribution is 2.33. The highest BCUT2D eigenvalue weighted by molar-refractivity contribution is 8.07. The quantitative estimate of drug-likeness (QED) is 0.0722. The molecule has 12 heteroatoms. The van der Waals surface area contributed by atoms with E-state index in [1.165, 1.54) is 46.0 Å². The van der Waals surface area contributed by atoms with Gasteiger partial charge in [0.05, 0.1) is 52.9 Å². The molecule has 0 amide bonds. The fourth-order valence-electron chi connectivity index (χ4n) is 3.57. The van der Waals surface area contributed by atoms with Gasteiger partial charge in [-0.05, 0) is 34.8 Å². The fraction of sp³-hybridized carbons (Fsp3) is 1.00. The van der Waals surface area contributed by atoms with Crippen LogP contribution >= 0.6 is 94.1 Å². The minimum absolute atomic E-state index is 0.732. The van der Waals surface area contributed by atoms with E-state index in [4.69, 9.17) is 18.9 Å². The smallest absolute Gasteiger partial charge is 0.0593 e. The molecule has 0 saturated carbocycles. The first-order valence-electron chi connectivity index (χ1n) is 13.9. The molecule has 222 valence electrons. The topological polar surface area (TPSA) is 36.9 Å². The Balaban J connectivity index is 1.14. The summed E-state index contributed by atoms with van der Waals surface area (Å²) in [5.74, 6) is 16.1. The molecule has 0 aromatic heterocycles. The monoisotopic (exact) mass is 678 g/mol. The number of ether oxygens (including phenoxy) is 4. The molecule has 4 unspecified atom stereocenters. The molecule has 0 aromatic rings. The fourth-order valence-corrected chi connectivity index (χ4v) is 9.94. The Hall–Kier alpha value is 2.64. The molecule has 38 heavy (non-hydrogen) atoms. The first-order chi connectivity index (χ1) is 18.9. The summed E-state index contributed by atoms with van der Waals surface area (Å²) in [6, 6.07) is 0. The Morgan fingerprint density at radius 1 is 0.447 bits per heavy atom. The van der Waals surface area contributed by atoms with E-state index in [0.717, 1.165) is 109 Å². The standard InChI is InChI=1S/C26H46O4S8/c1(27-9-23-17-35-23)5-31-13-21(14-32-6-2-28-10-24-18-36-24)22(15-33-7-3-29-11-25-19-37-25)16-34-8-4-30-12-26-20-38-26/h21-26H,1-20H2. The van der Waals surface area contributed by atoms with Crippen LogP contribution in [0.3, 0.4) is 0 Å². The maximum Gasteiger partial charge on any atom is 0.0593 e. The lowest BCUT2D eigenvalue weighted by Crippen LogP contribution is -2.26. The Morgan fingerprint density at radius 2 is 0.684 bits per heavy atom. The van der Waals surface area contributed by atoms with Crippen LogP contribution in [0.15, 0.2) is 0 Å². The predicted molar refractivity (Wildman–Crippen MR) is 185 cm³/mol. The zero-order valence-corrected chi connectivity index (χ0v) is 29.0. The summed E-state index contributed by atoms with van der Waals surface area (Å²) < 4.78 is 23.6. The average molecular weight is 679 g/mol. The van der Waals surface area contributed by atoms with Crippen molar-refractivity contribution in [2.75, 3.05) is 122 Å². The first kappa shape index (κ1) is 33.5. The van der Waals surface area contributed by atoms with Gasteiger partial charge in [-0.3, -0.25) is 0 Å². The van der Waals surface area contributed by atoms with E-state index >= 15 is 0 Å². The Labute approximate surface area is 265 Å². The van der Waals surface area contributed by atoms with Gasteiger partial charge in [-0.25, -0.2) is 0 Å². The summed E-state index contributed by atoms with van der Waals surface area (Å²) in [6.07, 6.45) is 0. The van der Waals surface area contributed by atoms with Crippen molar-refractivity contribution in [1.29, 1.82) is 0 Å². The highest BCUT2D eigenvalue weighted by atomic mass is 32.2. The van der Waals surface area contributed by atoms with E-state index in [2.05, 4.69) is 47.0 Å². The van der Waals surface area contributed by atoms with Gasteiger partial charge in [-0.15, -0.1) is 0 Å². The van der Waals surface area contributed by atoms with Gasteiger partial charge in [0.25, 0.3) is 0 Å². The highest BCUT2D eigenvalue weighted by Gasteiger charge is 2.25. The first-order valence-corrected chi connectivity index (χ1v) is 22.8. The van der Waals surface area contributed by atoms with Crippen LogP contribution in [0, 0.1) is 11.8 Å². The molecule has 4 fully saturated rings. The zero-order valence-electron chi connectivity index (χ0n) is 22.5. The van der Waals surface area contributed by atoms with Gasteiger partial charge in [0.15, 0.2) is 0 Å². The minimum atomic E-state index is 0.732. The summed E-state index contributed by atoms with van der Waals surface area (Å²) in [5, 5.41) is 3.12. The Bertz CT molecular complexity index is 496. The van der Waals surface area contributed by atoms with Gasteiger partial charge < -0.3 is 18.9 Å². The maximum atomic E-state index is 5.89.